The highest BCUT2D eigenvalue weighted by atomic mass is 33.2. The van der Waals surface area contributed by atoms with Gasteiger partial charge < -0.3 is 0 Å². The van der Waals surface area contributed by atoms with E-state index in [0.717, 1.165) is 24.8 Å². The van der Waals surface area contributed by atoms with Crippen LogP contribution in [-0.4, -0.2) is 20.3 Å². The highest BCUT2D eigenvalue weighted by molar-refractivity contribution is 8.65. The molecule has 0 saturated heterocycles. The Morgan fingerprint density at radius 3 is 2.20 bits per heavy atom. The maximum atomic E-state index is 13.5. The molecule has 0 aromatic heterocycles. The first-order valence-electron chi connectivity index (χ1n) is 11.7. The molecule has 0 aliphatic rings. The summed E-state index contributed by atoms with van der Waals surface area (Å²) in [5, 5.41) is 0. The van der Waals surface area contributed by atoms with E-state index < -0.39 is 24.7 Å². The van der Waals surface area contributed by atoms with Crippen molar-refractivity contribution in [2.24, 2.45) is 4.53 Å². The lowest BCUT2D eigenvalue weighted by Gasteiger charge is -2.13. The predicted octanol–water partition coefficient (Wildman–Crippen LogP) is 6.86. The second-order valence-electron chi connectivity index (χ2n) is 8.13. The molecule has 184 valence electrons. The van der Waals surface area contributed by atoms with Crippen LogP contribution in [0.1, 0.15) is 48.5 Å². The van der Waals surface area contributed by atoms with E-state index in [1.54, 1.807) is 66.7 Å². The molecule has 3 rings (SSSR count). The fourth-order valence-electron chi connectivity index (χ4n) is 3.31. The van der Waals surface area contributed by atoms with Gasteiger partial charge in [-0.2, -0.15) is 0 Å². The molecular weight excluding hydrogens is 478 g/mol. The predicted molar refractivity (Wildman–Crippen MR) is 142 cm³/mol. The fraction of sp³-hybridized carbons (Fsp3) is 0.250. The summed E-state index contributed by atoms with van der Waals surface area (Å²) < 4.78 is 31.3. The first-order valence-corrected chi connectivity index (χ1v) is 14.9. The standard InChI is InChI=1S/C28H31NO4S2/c1-3-4-7-14-25(19-22-28(30)24-12-8-5-9-13-24)33-29-34(26-15-10-6-11-16-26)35(31,32)27-20-17-23(2)18-21-27/h5-6,8-13,15-22,25H,3-4,7,14H2,1-2H3/b22-19+. The minimum atomic E-state index is -3.82. The van der Waals surface area contributed by atoms with Crippen molar-refractivity contribution in [2.75, 3.05) is 0 Å². The first-order chi connectivity index (χ1) is 16.9. The number of ketones is 1. The van der Waals surface area contributed by atoms with E-state index >= 15 is 0 Å². The molecule has 3 aromatic rings. The van der Waals surface area contributed by atoms with Crippen molar-refractivity contribution in [2.45, 2.75) is 55.4 Å². The Morgan fingerprint density at radius 1 is 0.943 bits per heavy atom. The van der Waals surface area contributed by atoms with E-state index in [4.69, 9.17) is 4.84 Å². The van der Waals surface area contributed by atoms with Crippen molar-refractivity contribution >= 4 is 24.4 Å². The maximum absolute atomic E-state index is 13.5. The van der Waals surface area contributed by atoms with Gasteiger partial charge in [-0.3, -0.25) is 4.79 Å². The van der Waals surface area contributed by atoms with Crippen LogP contribution in [-0.2, 0) is 23.4 Å². The molecular formula is C28H31NO4S2. The molecule has 0 N–H and O–H groups in total. The zero-order valence-corrected chi connectivity index (χ0v) is 21.7. The largest absolute Gasteiger partial charge is 0.289 e. The number of carbonyl (C=O) groups excluding carboxylic acids is 1. The third-order valence-corrected chi connectivity index (χ3v) is 10.1. The van der Waals surface area contributed by atoms with Gasteiger partial charge in [-0.1, -0.05) is 96.9 Å². The quantitative estimate of drug-likeness (QED) is 0.0878. The molecule has 0 saturated carbocycles. The molecule has 0 amide bonds. The Kier molecular flexibility index (Phi) is 10.1. The summed E-state index contributed by atoms with van der Waals surface area (Å²) in [7, 11) is -5.40. The van der Waals surface area contributed by atoms with Gasteiger partial charge in [-0.25, -0.2) is 13.3 Å². The Bertz CT molecular complexity index is 1250. The molecule has 0 fully saturated rings. The van der Waals surface area contributed by atoms with Gasteiger partial charge >= 0.3 is 0 Å². The molecule has 35 heavy (non-hydrogen) atoms. The van der Waals surface area contributed by atoms with Crippen LogP contribution >= 0.6 is 0 Å². The van der Waals surface area contributed by atoms with Gasteiger partial charge in [0.05, 0.1) is 14.6 Å². The van der Waals surface area contributed by atoms with Crippen molar-refractivity contribution < 1.29 is 18.0 Å². The molecule has 0 heterocycles. The van der Waals surface area contributed by atoms with E-state index in [1.165, 1.54) is 6.08 Å². The molecule has 0 aliphatic heterocycles. The number of carbonyl (C=O) groups is 1. The summed E-state index contributed by atoms with van der Waals surface area (Å²) in [6, 6.07) is 24.6. The minimum absolute atomic E-state index is 0.135. The maximum Gasteiger partial charge on any atom is 0.246 e. The van der Waals surface area contributed by atoms with Crippen LogP contribution in [0.2, 0.25) is 0 Å². The summed E-state index contributed by atoms with van der Waals surface area (Å²) in [6.45, 7) is 4.01. The molecule has 7 heteroatoms. The van der Waals surface area contributed by atoms with E-state index in [0.29, 0.717) is 16.9 Å². The summed E-state index contributed by atoms with van der Waals surface area (Å²) >= 11 is 0. The Labute approximate surface area is 210 Å². The fourth-order valence-corrected chi connectivity index (χ4v) is 7.28. The van der Waals surface area contributed by atoms with Crippen LogP contribution < -0.4 is 0 Å². The Balaban J connectivity index is 1.92. The van der Waals surface area contributed by atoms with Crippen molar-refractivity contribution in [1.82, 2.24) is 0 Å². The SMILES string of the molecule is CCCCCC(/C=C/C(=O)c1ccccc1)O/N=S(\c1ccccc1)S(=O)(=O)c1ccc(C)cc1. The highest BCUT2D eigenvalue weighted by Gasteiger charge is 2.24. The Hall–Kier alpha value is -2.87. The van der Waals surface area contributed by atoms with E-state index in [-0.39, 0.29) is 10.7 Å². The average Bonchev–Trinajstić information content (AvgIpc) is 2.88. The molecule has 0 bridgehead atoms. The number of hydrogen-bond donors (Lipinski definition) is 0. The smallest absolute Gasteiger partial charge is 0.246 e. The van der Waals surface area contributed by atoms with Crippen molar-refractivity contribution in [3.63, 3.8) is 0 Å². The number of unbranched alkanes of at least 4 members (excludes halogenated alkanes) is 2. The lowest BCUT2D eigenvalue weighted by molar-refractivity contribution is 0.0886. The molecule has 0 aliphatic carbocycles. The minimum Gasteiger partial charge on any atom is -0.289 e. The summed E-state index contributed by atoms with van der Waals surface area (Å²) in [5.41, 5.74) is 1.56. The highest BCUT2D eigenvalue weighted by Crippen LogP contribution is 2.24. The second-order valence-corrected chi connectivity index (χ2v) is 12.9. The average molecular weight is 510 g/mol. The molecule has 3 aromatic carbocycles. The van der Waals surface area contributed by atoms with Gasteiger partial charge in [0.1, 0.15) is 6.10 Å². The van der Waals surface area contributed by atoms with Gasteiger partial charge in [0.15, 0.2) is 5.78 Å². The topological polar surface area (TPSA) is 72.8 Å². The molecule has 0 spiro atoms. The van der Waals surface area contributed by atoms with E-state index in [1.807, 2.05) is 31.2 Å². The third kappa shape index (κ3) is 7.82. The number of aryl methyl sites for hydroxylation is 1. The first kappa shape index (κ1) is 26.7. The molecule has 2 unspecified atom stereocenters. The number of nitrogens with zero attached hydrogens (tertiary/aromatic N) is 1. The monoisotopic (exact) mass is 509 g/mol. The van der Waals surface area contributed by atoms with Crippen LogP contribution in [0.4, 0.5) is 0 Å². The van der Waals surface area contributed by atoms with Gasteiger partial charge in [0.25, 0.3) is 0 Å². The summed E-state index contributed by atoms with van der Waals surface area (Å²) in [6.07, 6.45) is 6.20. The van der Waals surface area contributed by atoms with Crippen LogP contribution in [0.15, 0.2) is 111 Å². The number of allylic oxidation sites excluding steroid dienone is 1. The zero-order chi connectivity index (χ0) is 25.1. The zero-order valence-electron chi connectivity index (χ0n) is 20.0. The van der Waals surface area contributed by atoms with Gasteiger partial charge in [-0.05, 0) is 49.8 Å². The lowest BCUT2D eigenvalue weighted by atomic mass is 10.1. The van der Waals surface area contributed by atoms with E-state index in [2.05, 4.69) is 11.4 Å². The van der Waals surface area contributed by atoms with E-state index in [9.17, 15) is 13.2 Å². The third-order valence-electron chi connectivity index (χ3n) is 5.32. The van der Waals surface area contributed by atoms with Gasteiger partial charge in [0, 0.05) is 10.5 Å². The normalized spacial score (nSPS) is 13.7. The van der Waals surface area contributed by atoms with Crippen LogP contribution in [0.25, 0.3) is 0 Å². The van der Waals surface area contributed by atoms with Crippen molar-refractivity contribution in [3.05, 3.63) is 108 Å². The number of rotatable bonds is 12. The van der Waals surface area contributed by atoms with Crippen molar-refractivity contribution in [3.8, 4) is 0 Å². The van der Waals surface area contributed by atoms with Gasteiger partial charge in [0.2, 0.25) is 8.87 Å². The van der Waals surface area contributed by atoms with Crippen LogP contribution in [0.5, 0.6) is 0 Å². The molecule has 0 radical (unpaired) electrons. The molecule has 5 nitrogen and oxygen atoms in total. The van der Waals surface area contributed by atoms with Crippen molar-refractivity contribution in [1.29, 1.82) is 0 Å². The van der Waals surface area contributed by atoms with Crippen LogP contribution in [0, 0.1) is 6.92 Å². The van der Waals surface area contributed by atoms with Crippen LogP contribution in [0.3, 0.4) is 0 Å². The number of benzene rings is 3. The van der Waals surface area contributed by atoms with Gasteiger partial charge in [-0.15, -0.1) is 0 Å². The number of hydrogen-bond acceptors (Lipinski definition) is 5. The summed E-state index contributed by atoms with van der Waals surface area (Å²) in [4.78, 5) is 19.1. The summed E-state index contributed by atoms with van der Waals surface area (Å²) in [5.74, 6) is -0.135. The second kappa shape index (κ2) is 13.3. The Morgan fingerprint density at radius 2 is 1.57 bits per heavy atom. The lowest BCUT2D eigenvalue weighted by Crippen LogP contribution is -2.13. The molecule has 2 atom stereocenters.